The van der Waals surface area contributed by atoms with E-state index in [0.29, 0.717) is 19.1 Å². The van der Waals surface area contributed by atoms with Crippen LogP contribution < -0.4 is 5.73 Å². The number of rotatable bonds is 3. The number of amides is 1. The molecule has 3 N–H and O–H groups in total. The summed E-state index contributed by atoms with van der Waals surface area (Å²) in [5.74, 6) is -0.238. The van der Waals surface area contributed by atoms with Gasteiger partial charge in [0.05, 0.1) is 12.5 Å². The van der Waals surface area contributed by atoms with Crippen LogP contribution in [0.5, 0.6) is 0 Å². The number of piperidine rings is 1. The van der Waals surface area contributed by atoms with Crippen LogP contribution in [0.3, 0.4) is 0 Å². The van der Waals surface area contributed by atoms with E-state index in [2.05, 4.69) is 11.8 Å². The number of β-amino-alcohol motifs (C(OH)–C–C–N with tert-alkyl or cyclic N) is 1. The summed E-state index contributed by atoms with van der Waals surface area (Å²) in [5.41, 5.74) is 5.24. The maximum atomic E-state index is 10.9. The van der Waals surface area contributed by atoms with Crippen molar-refractivity contribution in [3.63, 3.8) is 0 Å². The zero-order valence-electron chi connectivity index (χ0n) is 8.07. The Hall–Kier alpha value is -0.610. The minimum atomic E-state index is -0.213. The highest BCUT2D eigenvalue weighted by Crippen LogP contribution is 2.20. The third kappa shape index (κ3) is 2.67. The van der Waals surface area contributed by atoms with Crippen LogP contribution in [0.15, 0.2) is 0 Å². The lowest BCUT2D eigenvalue weighted by molar-refractivity contribution is -0.124. The van der Waals surface area contributed by atoms with Crippen molar-refractivity contribution in [3.05, 3.63) is 0 Å². The Balaban J connectivity index is 2.47. The number of hydrogen-bond acceptors (Lipinski definition) is 3. The lowest BCUT2D eigenvalue weighted by atomic mass is 9.93. The van der Waals surface area contributed by atoms with Crippen molar-refractivity contribution in [2.45, 2.75) is 25.8 Å². The molecular weight excluding hydrogens is 168 g/mol. The summed E-state index contributed by atoms with van der Waals surface area (Å²) in [6.07, 6.45) is 1.88. The third-order valence-corrected chi connectivity index (χ3v) is 2.80. The van der Waals surface area contributed by atoms with Crippen molar-refractivity contribution in [2.75, 3.05) is 19.7 Å². The smallest absolute Gasteiger partial charge is 0.221 e. The molecule has 1 heterocycles. The highest BCUT2D eigenvalue weighted by atomic mass is 16.3. The Labute approximate surface area is 78.7 Å². The molecular formula is C9H18N2O2. The molecule has 0 saturated carbocycles. The number of hydrogen-bond donors (Lipinski definition) is 2. The van der Waals surface area contributed by atoms with Gasteiger partial charge in [0.2, 0.25) is 5.91 Å². The lowest BCUT2D eigenvalue weighted by Gasteiger charge is -2.36. The van der Waals surface area contributed by atoms with Gasteiger partial charge >= 0.3 is 0 Å². The molecule has 4 nitrogen and oxygen atoms in total. The molecule has 0 bridgehead atoms. The lowest BCUT2D eigenvalue weighted by Crippen LogP contribution is -2.46. The van der Waals surface area contributed by atoms with E-state index < -0.39 is 0 Å². The molecule has 1 saturated heterocycles. The molecule has 4 heteroatoms. The van der Waals surface area contributed by atoms with Gasteiger partial charge in [0.15, 0.2) is 0 Å². The van der Waals surface area contributed by atoms with Crippen LogP contribution in [0.25, 0.3) is 0 Å². The first kappa shape index (κ1) is 10.5. The maximum absolute atomic E-state index is 10.9. The molecule has 0 aromatic heterocycles. The molecule has 1 aliphatic rings. The summed E-state index contributed by atoms with van der Waals surface area (Å²) in [4.78, 5) is 13.1. The summed E-state index contributed by atoms with van der Waals surface area (Å²) in [6, 6.07) is 0.461. The fraction of sp³-hybridized carbons (Fsp3) is 0.889. The van der Waals surface area contributed by atoms with E-state index >= 15 is 0 Å². The molecule has 1 aliphatic heterocycles. The first-order valence-corrected chi connectivity index (χ1v) is 4.79. The molecule has 0 spiro atoms. The number of aliphatic hydroxyl groups is 1. The van der Waals surface area contributed by atoms with Crippen LogP contribution in [0, 0.1) is 5.92 Å². The zero-order valence-corrected chi connectivity index (χ0v) is 8.07. The standard InChI is InChI=1S/C9H18N2O2/c1-7-2-3-8(9(10)13)6-11(7)4-5-12/h7-8,12H,2-6H2,1H3,(H2,10,13). The zero-order chi connectivity index (χ0) is 9.84. The van der Waals surface area contributed by atoms with Crippen LogP contribution in [0.2, 0.25) is 0 Å². The molecule has 2 atom stereocenters. The van der Waals surface area contributed by atoms with Gasteiger partial charge in [-0.3, -0.25) is 9.69 Å². The van der Waals surface area contributed by atoms with Gasteiger partial charge in [-0.2, -0.15) is 0 Å². The molecule has 1 rings (SSSR count). The van der Waals surface area contributed by atoms with Gasteiger partial charge in [-0.05, 0) is 19.8 Å². The summed E-state index contributed by atoms with van der Waals surface area (Å²) >= 11 is 0. The maximum Gasteiger partial charge on any atom is 0.221 e. The molecule has 76 valence electrons. The first-order valence-electron chi connectivity index (χ1n) is 4.79. The molecule has 2 unspecified atom stereocenters. The van der Waals surface area contributed by atoms with Crippen molar-refractivity contribution in [3.8, 4) is 0 Å². The van der Waals surface area contributed by atoms with E-state index in [-0.39, 0.29) is 18.4 Å². The van der Waals surface area contributed by atoms with E-state index in [1.165, 1.54) is 0 Å². The second kappa shape index (κ2) is 4.58. The van der Waals surface area contributed by atoms with Crippen LogP contribution in [0.1, 0.15) is 19.8 Å². The second-order valence-corrected chi connectivity index (χ2v) is 3.74. The monoisotopic (exact) mass is 186 g/mol. The van der Waals surface area contributed by atoms with Gasteiger partial charge < -0.3 is 10.8 Å². The van der Waals surface area contributed by atoms with Gasteiger partial charge in [-0.1, -0.05) is 0 Å². The van der Waals surface area contributed by atoms with Crippen molar-refractivity contribution in [1.82, 2.24) is 4.90 Å². The molecule has 1 amide bonds. The summed E-state index contributed by atoms with van der Waals surface area (Å²) in [5, 5.41) is 8.80. The SMILES string of the molecule is CC1CCC(C(N)=O)CN1CCO. The number of likely N-dealkylation sites (tertiary alicyclic amines) is 1. The van der Waals surface area contributed by atoms with Crippen molar-refractivity contribution >= 4 is 5.91 Å². The second-order valence-electron chi connectivity index (χ2n) is 3.74. The minimum Gasteiger partial charge on any atom is -0.395 e. The number of primary amides is 1. The fourth-order valence-corrected chi connectivity index (χ4v) is 1.85. The first-order chi connectivity index (χ1) is 6.15. The number of aliphatic hydroxyl groups excluding tert-OH is 1. The van der Waals surface area contributed by atoms with Gasteiger partial charge in [0.1, 0.15) is 0 Å². The van der Waals surface area contributed by atoms with E-state index in [4.69, 9.17) is 10.8 Å². The highest BCUT2D eigenvalue weighted by molar-refractivity contribution is 5.76. The molecule has 0 aromatic carbocycles. The molecule has 13 heavy (non-hydrogen) atoms. The van der Waals surface area contributed by atoms with E-state index in [0.717, 1.165) is 12.8 Å². The van der Waals surface area contributed by atoms with Gasteiger partial charge in [-0.25, -0.2) is 0 Å². The summed E-state index contributed by atoms with van der Waals surface area (Å²) in [7, 11) is 0. The Bertz CT molecular complexity index is 184. The molecule has 1 fully saturated rings. The largest absolute Gasteiger partial charge is 0.395 e. The van der Waals surface area contributed by atoms with Crippen LogP contribution in [-0.2, 0) is 4.79 Å². The molecule has 0 aromatic rings. The summed E-state index contributed by atoms with van der Waals surface area (Å²) in [6.45, 7) is 3.62. The van der Waals surface area contributed by atoms with Crippen LogP contribution in [-0.4, -0.2) is 41.7 Å². The predicted molar refractivity (Wildman–Crippen MR) is 50.0 cm³/mol. The minimum absolute atomic E-state index is 0.0252. The van der Waals surface area contributed by atoms with E-state index in [1.807, 2.05) is 0 Å². The number of carbonyl (C=O) groups excluding carboxylic acids is 1. The Morgan fingerprint density at radius 3 is 2.85 bits per heavy atom. The van der Waals surface area contributed by atoms with Crippen molar-refractivity contribution in [1.29, 1.82) is 0 Å². The van der Waals surface area contributed by atoms with Crippen molar-refractivity contribution in [2.24, 2.45) is 11.7 Å². The number of nitrogens with zero attached hydrogens (tertiary/aromatic N) is 1. The van der Waals surface area contributed by atoms with E-state index in [9.17, 15) is 4.79 Å². The van der Waals surface area contributed by atoms with Gasteiger partial charge in [0, 0.05) is 19.1 Å². The summed E-state index contributed by atoms with van der Waals surface area (Å²) < 4.78 is 0. The normalized spacial score (nSPS) is 30.3. The molecule has 0 aliphatic carbocycles. The van der Waals surface area contributed by atoms with Crippen LogP contribution in [0.4, 0.5) is 0 Å². The highest BCUT2D eigenvalue weighted by Gasteiger charge is 2.27. The van der Waals surface area contributed by atoms with Crippen molar-refractivity contribution < 1.29 is 9.90 Å². The Morgan fingerprint density at radius 2 is 2.31 bits per heavy atom. The van der Waals surface area contributed by atoms with Gasteiger partial charge in [0.25, 0.3) is 0 Å². The average Bonchev–Trinajstić information content (AvgIpc) is 2.08. The Morgan fingerprint density at radius 1 is 1.62 bits per heavy atom. The fourth-order valence-electron chi connectivity index (χ4n) is 1.85. The van der Waals surface area contributed by atoms with E-state index in [1.54, 1.807) is 0 Å². The number of carbonyl (C=O) groups is 1. The van der Waals surface area contributed by atoms with Crippen LogP contribution >= 0.6 is 0 Å². The van der Waals surface area contributed by atoms with Gasteiger partial charge in [-0.15, -0.1) is 0 Å². The number of nitrogens with two attached hydrogens (primary N) is 1. The quantitative estimate of drug-likeness (QED) is 0.628. The Kier molecular flexibility index (Phi) is 3.69. The topological polar surface area (TPSA) is 66.6 Å². The third-order valence-electron chi connectivity index (χ3n) is 2.80. The molecule has 0 radical (unpaired) electrons. The predicted octanol–water partition coefficient (Wildman–Crippen LogP) is -0.435. The average molecular weight is 186 g/mol.